The number of nitriles is 1. The molecule has 0 unspecified atom stereocenters. The molecule has 0 fully saturated rings. The van der Waals surface area contributed by atoms with Crippen molar-refractivity contribution < 1.29 is 13.2 Å². The van der Waals surface area contributed by atoms with Crippen molar-refractivity contribution in [2.24, 2.45) is 0 Å². The Kier molecular flexibility index (Phi) is 6.14. The van der Waals surface area contributed by atoms with Crippen LogP contribution in [0.5, 0.6) is 0 Å². The van der Waals surface area contributed by atoms with E-state index in [1.54, 1.807) is 43.4 Å². The number of urea groups is 1. The molecule has 2 rings (SSSR count). The Balaban J connectivity index is 1.86. The van der Waals surface area contributed by atoms with Crippen molar-refractivity contribution in [3.05, 3.63) is 65.7 Å². The minimum atomic E-state index is -3.42. The van der Waals surface area contributed by atoms with Crippen LogP contribution in [-0.2, 0) is 16.4 Å². The highest BCUT2D eigenvalue weighted by atomic mass is 32.2. The van der Waals surface area contributed by atoms with E-state index in [0.717, 1.165) is 5.56 Å². The highest BCUT2D eigenvalue weighted by molar-refractivity contribution is 7.91. The summed E-state index contributed by atoms with van der Waals surface area (Å²) < 4.78 is 24.3. The molecule has 0 aliphatic carbocycles. The van der Waals surface area contributed by atoms with E-state index in [2.05, 4.69) is 11.4 Å². The number of sulfone groups is 1. The number of hydrogen-bond donors (Lipinski definition) is 1. The molecular weight excluding hydrogens is 338 g/mol. The first kappa shape index (κ1) is 18.5. The third-order valence-electron chi connectivity index (χ3n) is 3.57. The monoisotopic (exact) mass is 357 g/mol. The van der Waals surface area contributed by atoms with Crippen molar-refractivity contribution in [2.45, 2.75) is 11.4 Å². The summed E-state index contributed by atoms with van der Waals surface area (Å²) in [6, 6.07) is 16.8. The zero-order chi connectivity index (χ0) is 18.3. The van der Waals surface area contributed by atoms with Crippen molar-refractivity contribution in [1.29, 1.82) is 5.26 Å². The summed E-state index contributed by atoms with van der Waals surface area (Å²) >= 11 is 0. The number of amides is 2. The zero-order valence-electron chi connectivity index (χ0n) is 13.8. The first-order valence-corrected chi connectivity index (χ1v) is 9.33. The number of rotatable bonds is 6. The Labute approximate surface area is 147 Å². The van der Waals surface area contributed by atoms with Crippen molar-refractivity contribution in [2.75, 3.05) is 19.3 Å². The fourth-order valence-corrected chi connectivity index (χ4v) is 3.44. The van der Waals surface area contributed by atoms with Crippen LogP contribution >= 0.6 is 0 Å². The molecule has 1 N–H and O–H groups in total. The lowest BCUT2D eigenvalue weighted by molar-refractivity contribution is 0.207. The van der Waals surface area contributed by atoms with Crippen LogP contribution in [0.2, 0.25) is 0 Å². The van der Waals surface area contributed by atoms with E-state index in [-0.39, 0.29) is 23.2 Å². The number of hydrogen-bond acceptors (Lipinski definition) is 4. The molecule has 0 aliphatic rings. The second-order valence-electron chi connectivity index (χ2n) is 5.53. The summed E-state index contributed by atoms with van der Waals surface area (Å²) in [5, 5.41) is 11.5. The fourth-order valence-electron chi connectivity index (χ4n) is 2.26. The maximum absolute atomic E-state index is 12.1. The highest BCUT2D eigenvalue weighted by Crippen LogP contribution is 2.10. The molecule has 7 heteroatoms. The van der Waals surface area contributed by atoms with Gasteiger partial charge in [-0.05, 0) is 29.8 Å². The highest BCUT2D eigenvalue weighted by Gasteiger charge is 2.15. The fraction of sp³-hybridized carbons (Fsp3) is 0.222. The summed E-state index contributed by atoms with van der Waals surface area (Å²) in [6.07, 6.45) is 0. The third kappa shape index (κ3) is 5.33. The van der Waals surface area contributed by atoms with Crippen molar-refractivity contribution in [1.82, 2.24) is 10.2 Å². The number of nitrogens with zero attached hydrogens (tertiary/aromatic N) is 2. The number of carbonyl (C=O) groups is 1. The molecule has 0 atom stereocenters. The molecule has 25 heavy (non-hydrogen) atoms. The first-order valence-electron chi connectivity index (χ1n) is 7.68. The first-order chi connectivity index (χ1) is 11.9. The zero-order valence-corrected chi connectivity index (χ0v) is 14.7. The van der Waals surface area contributed by atoms with E-state index in [9.17, 15) is 13.2 Å². The molecule has 0 bridgehead atoms. The summed E-state index contributed by atoms with van der Waals surface area (Å²) in [5.74, 6) is -0.166. The number of nitrogens with one attached hydrogen (secondary N) is 1. The average Bonchev–Trinajstić information content (AvgIpc) is 2.62. The molecule has 6 nitrogen and oxygen atoms in total. The lowest BCUT2D eigenvalue weighted by atomic mass is 10.1. The predicted molar refractivity (Wildman–Crippen MR) is 94.5 cm³/mol. The quantitative estimate of drug-likeness (QED) is 0.858. The van der Waals surface area contributed by atoms with Crippen molar-refractivity contribution in [3.8, 4) is 6.07 Å². The second-order valence-corrected chi connectivity index (χ2v) is 7.64. The van der Waals surface area contributed by atoms with Crippen LogP contribution in [-0.4, -0.2) is 38.7 Å². The summed E-state index contributed by atoms with van der Waals surface area (Å²) in [4.78, 5) is 13.8. The van der Waals surface area contributed by atoms with Gasteiger partial charge in [0, 0.05) is 20.1 Å². The van der Waals surface area contributed by atoms with Gasteiger partial charge in [0.05, 0.1) is 22.3 Å². The van der Waals surface area contributed by atoms with Crippen LogP contribution < -0.4 is 5.32 Å². The molecule has 0 aliphatic heterocycles. The molecule has 0 heterocycles. The Morgan fingerprint density at radius 3 is 2.56 bits per heavy atom. The molecule has 0 spiro atoms. The topological polar surface area (TPSA) is 90.3 Å². The Morgan fingerprint density at radius 2 is 1.88 bits per heavy atom. The van der Waals surface area contributed by atoms with E-state index >= 15 is 0 Å². The van der Waals surface area contributed by atoms with Gasteiger partial charge in [-0.3, -0.25) is 0 Å². The lowest BCUT2D eigenvalue weighted by Gasteiger charge is -2.18. The SMILES string of the molecule is CN(Cc1cccc(C#N)c1)C(=O)NCCS(=O)(=O)c1ccccc1. The van der Waals surface area contributed by atoms with Gasteiger partial charge in [-0.1, -0.05) is 30.3 Å². The molecule has 2 amide bonds. The molecular formula is C18H19N3O3S. The van der Waals surface area contributed by atoms with Gasteiger partial charge in [-0.15, -0.1) is 0 Å². The van der Waals surface area contributed by atoms with Gasteiger partial charge in [-0.25, -0.2) is 13.2 Å². The van der Waals surface area contributed by atoms with Crippen molar-refractivity contribution in [3.63, 3.8) is 0 Å². The smallest absolute Gasteiger partial charge is 0.317 e. The van der Waals surface area contributed by atoms with Crippen LogP contribution in [0.4, 0.5) is 4.79 Å². The van der Waals surface area contributed by atoms with E-state index in [4.69, 9.17) is 5.26 Å². The van der Waals surface area contributed by atoms with Crippen LogP contribution in [0.25, 0.3) is 0 Å². The molecule has 2 aromatic rings. The van der Waals surface area contributed by atoms with Gasteiger partial charge in [0.25, 0.3) is 0 Å². The summed E-state index contributed by atoms with van der Waals surface area (Å²) in [6.45, 7) is 0.353. The van der Waals surface area contributed by atoms with Gasteiger partial charge in [0.2, 0.25) is 0 Å². The van der Waals surface area contributed by atoms with Crippen LogP contribution in [0, 0.1) is 11.3 Å². The maximum Gasteiger partial charge on any atom is 0.317 e. The number of carbonyl (C=O) groups excluding carboxylic acids is 1. The van der Waals surface area contributed by atoms with Gasteiger partial charge >= 0.3 is 6.03 Å². The molecule has 130 valence electrons. The summed E-state index contributed by atoms with van der Waals surface area (Å²) in [5.41, 5.74) is 1.36. The van der Waals surface area contributed by atoms with Crippen LogP contribution in [0.15, 0.2) is 59.5 Å². The Bertz CT molecular complexity index is 874. The van der Waals surface area contributed by atoms with E-state index in [0.29, 0.717) is 12.1 Å². The summed E-state index contributed by atoms with van der Waals surface area (Å²) in [7, 11) is -1.81. The normalized spacial score (nSPS) is 10.7. The molecule has 0 saturated carbocycles. The number of benzene rings is 2. The molecule has 0 radical (unpaired) electrons. The van der Waals surface area contributed by atoms with Gasteiger partial charge in [0.1, 0.15) is 0 Å². The average molecular weight is 357 g/mol. The van der Waals surface area contributed by atoms with Gasteiger partial charge in [-0.2, -0.15) is 5.26 Å². The third-order valence-corrected chi connectivity index (χ3v) is 5.30. The van der Waals surface area contributed by atoms with E-state index in [1.165, 1.54) is 17.0 Å². The minimum Gasteiger partial charge on any atom is -0.337 e. The molecule has 2 aromatic carbocycles. The molecule has 0 aromatic heterocycles. The van der Waals surface area contributed by atoms with E-state index in [1.807, 2.05) is 6.07 Å². The van der Waals surface area contributed by atoms with Crippen LogP contribution in [0.1, 0.15) is 11.1 Å². The maximum atomic E-state index is 12.1. The lowest BCUT2D eigenvalue weighted by Crippen LogP contribution is -2.39. The second kappa shape index (κ2) is 8.31. The largest absolute Gasteiger partial charge is 0.337 e. The molecule has 0 saturated heterocycles. The Morgan fingerprint density at radius 1 is 1.16 bits per heavy atom. The predicted octanol–water partition coefficient (Wildman–Crippen LogP) is 2.17. The minimum absolute atomic E-state index is 0.0264. The van der Waals surface area contributed by atoms with Gasteiger partial charge < -0.3 is 10.2 Å². The Hall–Kier alpha value is -2.85. The van der Waals surface area contributed by atoms with Crippen molar-refractivity contribution >= 4 is 15.9 Å². The van der Waals surface area contributed by atoms with E-state index < -0.39 is 9.84 Å². The van der Waals surface area contributed by atoms with Crippen LogP contribution in [0.3, 0.4) is 0 Å². The van der Waals surface area contributed by atoms with Gasteiger partial charge in [0.15, 0.2) is 9.84 Å². The standard InChI is InChI=1S/C18H19N3O3S/c1-21(14-16-7-5-6-15(12-16)13-19)18(22)20-10-11-25(23,24)17-8-3-2-4-9-17/h2-9,12H,10-11,14H2,1H3,(H,20,22).